The number of cyclic esters (lactones) is 1. The highest BCUT2D eigenvalue weighted by Crippen LogP contribution is 2.71. The molecular weight excluding hydrogens is 432 g/mol. The molecule has 6 aliphatic rings. The van der Waals surface area contributed by atoms with E-state index in [1.807, 2.05) is 20.8 Å². The van der Waals surface area contributed by atoms with Gasteiger partial charge in [0.1, 0.15) is 17.5 Å². The first-order valence-electron chi connectivity index (χ1n) is 13.1. The van der Waals surface area contributed by atoms with Crippen molar-refractivity contribution in [2.24, 2.45) is 28.6 Å². The molecule has 1 saturated heterocycles. The molecule has 0 bridgehead atoms. The van der Waals surface area contributed by atoms with Gasteiger partial charge in [0.15, 0.2) is 0 Å². The van der Waals surface area contributed by atoms with E-state index in [0.29, 0.717) is 31.3 Å². The monoisotopic (exact) mass is 470 g/mol. The Morgan fingerprint density at radius 2 is 1.76 bits per heavy atom. The first kappa shape index (κ1) is 22.9. The van der Waals surface area contributed by atoms with E-state index >= 15 is 0 Å². The minimum absolute atomic E-state index is 0.0212. The minimum Gasteiger partial charge on any atom is -0.458 e. The molecule has 2 heterocycles. The molecule has 0 aromatic carbocycles. The Hall–Kier alpha value is -1.50. The predicted molar refractivity (Wildman–Crippen MR) is 125 cm³/mol. The number of epoxide rings is 1. The number of hydrogen-bond donors (Lipinski definition) is 2. The lowest BCUT2D eigenvalue weighted by atomic mass is 9.47. The van der Waals surface area contributed by atoms with Crippen LogP contribution in [0.15, 0.2) is 22.3 Å². The molecule has 2 saturated carbocycles. The fraction of sp³-hybridized carbons (Fsp3) is 0.786. The fourth-order valence-corrected chi connectivity index (χ4v) is 8.98. The van der Waals surface area contributed by atoms with Crippen molar-refractivity contribution in [1.82, 2.24) is 0 Å². The molecule has 10 unspecified atom stereocenters. The van der Waals surface area contributed by atoms with Gasteiger partial charge in [-0.15, -0.1) is 0 Å². The fourth-order valence-electron chi connectivity index (χ4n) is 8.98. The summed E-state index contributed by atoms with van der Waals surface area (Å²) in [5.74, 6) is 0.307. The topological polar surface area (TPSA) is 96.4 Å². The minimum atomic E-state index is -0.701. The van der Waals surface area contributed by atoms with Crippen LogP contribution in [0.3, 0.4) is 0 Å². The van der Waals surface area contributed by atoms with Crippen LogP contribution in [0.5, 0.6) is 0 Å². The van der Waals surface area contributed by atoms with Gasteiger partial charge in [0.05, 0.1) is 23.7 Å². The molecule has 1 spiro atoms. The first-order valence-corrected chi connectivity index (χ1v) is 13.1. The molecule has 6 nitrogen and oxygen atoms in total. The highest BCUT2D eigenvalue weighted by Gasteiger charge is 2.80. The summed E-state index contributed by atoms with van der Waals surface area (Å²) >= 11 is 0. The third kappa shape index (κ3) is 2.53. The maximum Gasteiger partial charge on any atom is 0.333 e. The van der Waals surface area contributed by atoms with Gasteiger partial charge in [0.2, 0.25) is 0 Å². The summed E-state index contributed by atoms with van der Waals surface area (Å²) in [7, 11) is 0. The summed E-state index contributed by atoms with van der Waals surface area (Å²) < 4.78 is 12.1. The Kier molecular flexibility index (Phi) is 4.75. The number of hydrogen-bond acceptors (Lipinski definition) is 6. The second-order valence-corrected chi connectivity index (χ2v) is 12.4. The van der Waals surface area contributed by atoms with Crippen LogP contribution in [0.1, 0.15) is 79.6 Å². The van der Waals surface area contributed by atoms with E-state index in [1.54, 1.807) is 0 Å². The van der Waals surface area contributed by atoms with Gasteiger partial charge in [-0.1, -0.05) is 30.6 Å². The molecule has 4 aliphatic carbocycles. The molecule has 2 N–H and O–H groups in total. The lowest BCUT2D eigenvalue weighted by Gasteiger charge is -2.54. The normalized spacial score (nSPS) is 50.8. The molecule has 0 radical (unpaired) electrons. The van der Waals surface area contributed by atoms with E-state index in [2.05, 4.69) is 13.8 Å². The Balaban J connectivity index is 1.36. The van der Waals surface area contributed by atoms with E-state index in [1.165, 1.54) is 11.1 Å². The number of aliphatic hydroxyl groups is 2. The number of Topliss-reactive ketones (excluding diaryl/α,β-unsaturated/α-hetero) is 1. The number of rotatable bonds is 2. The predicted octanol–water partition coefficient (Wildman–Crippen LogP) is 3.64. The van der Waals surface area contributed by atoms with E-state index < -0.39 is 28.6 Å². The van der Waals surface area contributed by atoms with Crippen molar-refractivity contribution in [3.05, 3.63) is 22.3 Å². The SMILES string of the molecule is CC1=C(C)C(=O)OC(C(C)C2(C)C3=C(CC2O)C2CC4OC45C(O)CCC(=O)C5(C)C2CC3)C1. The molecule has 0 aromatic heterocycles. The van der Waals surface area contributed by atoms with Crippen LogP contribution in [0, 0.1) is 28.6 Å². The Morgan fingerprint density at radius 1 is 1.03 bits per heavy atom. The number of ether oxygens (including phenoxy) is 2. The van der Waals surface area contributed by atoms with E-state index in [9.17, 15) is 19.8 Å². The third-order valence-corrected chi connectivity index (χ3v) is 11.5. The quantitative estimate of drug-likeness (QED) is 0.363. The van der Waals surface area contributed by atoms with E-state index in [-0.39, 0.29) is 41.7 Å². The van der Waals surface area contributed by atoms with Gasteiger partial charge in [0.25, 0.3) is 0 Å². The molecule has 10 atom stereocenters. The van der Waals surface area contributed by atoms with Crippen LogP contribution in [0.2, 0.25) is 0 Å². The van der Waals surface area contributed by atoms with Gasteiger partial charge in [-0.25, -0.2) is 4.79 Å². The summed E-state index contributed by atoms with van der Waals surface area (Å²) in [6.45, 7) is 10.1. The van der Waals surface area contributed by atoms with Gasteiger partial charge in [-0.2, -0.15) is 0 Å². The van der Waals surface area contributed by atoms with Gasteiger partial charge in [-0.3, -0.25) is 4.79 Å². The standard InChI is InChI=1S/C28H38O6/c1-13-10-20(33-25(32)14(13)2)15(3)26(4)18-6-7-19-17(16(18)11-23(26)31)12-24-28(34-24)22(30)9-8-21(29)27(19,28)5/h15,17,19-20,22-24,30-31H,6-12H2,1-5H3. The Labute approximate surface area is 201 Å². The number of ketones is 1. The number of esters is 1. The number of fused-ring (bicyclic) bond motifs is 3. The van der Waals surface area contributed by atoms with Gasteiger partial charge in [-0.05, 0) is 64.7 Å². The number of carbonyl (C=O) groups excluding carboxylic acids is 2. The van der Waals surface area contributed by atoms with Crippen LogP contribution in [-0.4, -0.2) is 52.0 Å². The highest BCUT2D eigenvalue weighted by molar-refractivity contribution is 5.90. The van der Waals surface area contributed by atoms with Crippen LogP contribution < -0.4 is 0 Å². The average molecular weight is 471 g/mol. The van der Waals surface area contributed by atoms with Crippen LogP contribution >= 0.6 is 0 Å². The van der Waals surface area contributed by atoms with Crippen molar-refractivity contribution in [3.8, 4) is 0 Å². The molecule has 0 amide bonds. The average Bonchev–Trinajstić information content (AvgIpc) is 3.48. The molecule has 3 fully saturated rings. The second kappa shape index (κ2) is 7.04. The van der Waals surface area contributed by atoms with Crippen LogP contribution in [0.4, 0.5) is 0 Å². The number of aliphatic hydroxyl groups excluding tert-OH is 2. The molecule has 34 heavy (non-hydrogen) atoms. The third-order valence-electron chi connectivity index (χ3n) is 11.5. The van der Waals surface area contributed by atoms with Gasteiger partial charge < -0.3 is 19.7 Å². The lowest BCUT2D eigenvalue weighted by Crippen LogP contribution is -2.63. The maximum absolute atomic E-state index is 13.4. The smallest absolute Gasteiger partial charge is 0.333 e. The van der Waals surface area contributed by atoms with E-state index in [4.69, 9.17) is 9.47 Å². The zero-order valence-corrected chi connectivity index (χ0v) is 21.0. The summed E-state index contributed by atoms with van der Waals surface area (Å²) in [4.78, 5) is 25.8. The first-order chi connectivity index (χ1) is 16.0. The summed E-state index contributed by atoms with van der Waals surface area (Å²) in [5, 5.41) is 22.4. The van der Waals surface area contributed by atoms with Crippen molar-refractivity contribution in [2.75, 3.05) is 0 Å². The van der Waals surface area contributed by atoms with Gasteiger partial charge in [0, 0.05) is 29.7 Å². The molecule has 2 aliphatic heterocycles. The zero-order chi connectivity index (χ0) is 24.4. The van der Waals surface area contributed by atoms with Crippen molar-refractivity contribution in [1.29, 1.82) is 0 Å². The largest absolute Gasteiger partial charge is 0.458 e. The van der Waals surface area contributed by atoms with Crippen molar-refractivity contribution < 1.29 is 29.3 Å². The Bertz CT molecular complexity index is 1040. The van der Waals surface area contributed by atoms with Crippen molar-refractivity contribution in [2.45, 2.75) is 110 Å². The summed E-state index contributed by atoms with van der Waals surface area (Å²) in [6, 6.07) is 0. The molecular formula is C28H38O6. The van der Waals surface area contributed by atoms with E-state index in [0.717, 1.165) is 24.8 Å². The van der Waals surface area contributed by atoms with Crippen molar-refractivity contribution in [3.63, 3.8) is 0 Å². The summed E-state index contributed by atoms with van der Waals surface area (Å²) in [6.07, 6.45) is 3.31. The summed E-state index contributed by atoms with van der Waals surface area (Å²) in [5.41, 5.74) is 2.56. The number of carbonyl (C=O) groups is 2. The lowest BCUT2D eigenvalue weighted by molar-refractivity contribution is -0.154. The maximum atomic E-state index is 13.4. The molecule has 186 valence electrons. The molecule has 6 heteroatoms. The second-order valence-electron chi connectivity index (χ2n) is 12.4. The van der Waals surface area contributed by atoms with Crippen LogP contribution in [-0.2, 0) is 19.1 Å². The molecule has 6 rings (SSSR count). The van der Waals surface area contributed by atoms with Crippen LogP contribution in [0.25, 0.3) is 0 Å². The van der Waals surface area contributed by atoms with Gasteiger partial charge >= 0.3 is 5.97 Å². The highest BCUT2D eigenvalue weighted by atomic mass is 16.6. The molecule has 0 aromatic rings. The Morgan fingerprint density at radius 3 is 2.47 bits per heavy atom. The zero-order valence-electron chi connectivity index (χ0n) is 21.0. The van der Waals surface area contributed by atoms with Crippen molar-refractivity contribution >= 4 is 11.8 Å².